The predicted molar refractivity (Wildman–Crippen MR) is 114 cm³/mol. The Balaban J connectivity index is 1.32. The third kappa shape index (κ3) is 5.06. The molecule has 3 aromatic rings. The normalized spacial score (nSPS) is 16.8. The first kappa shape index (κ1) is 20.1. The molecule has 1 saturated heterocycles. The molecule has 0 aliphatic carbocycles. The number of H-pyrrole nitrogens is 1. The van der Waals surface area contributed by atoms with E-state index >= 15 is 0 Å². The third-order valence-electron chi connectivity index (χ3n) is 4.95. The Hall–Kier alpha value is -3.16. The highest BCUT2D eigenvalue weighted by atomic mass is 16.8. The highest BCUT2D eigenvalue weighted by Crippen LogP contribution is 2.24. The van der Waals surface area contributed by atoms with Crippen molar-refractivity contribution in [1.82, 2.24) is 15.4 Å². The number of imidazole rings is 1. The van der Waals surface area contributed by atoms with Crippen LogP contribution in [0, 0.1) is 0 Å². The van der Waals surface area contributed by atoms with Crippen molar-refractivity contribution in [3.63, 3.8) is 0 Å². The largest absolute Gasteiger partial charge is 0.494 e. The number of hydrogen-bond donors (Lipinski definition) is 2. The Labute approximate surface area is 175 Å². The molecule has 2 N–H and O–H groups in total. The van der Waals surface area contributed by atoms with Crippen LogP contribution in [0.15, 0.2) is 48.5 Å². The van der Waals surface area contributed by atoms with Gasteiger partial charge in [0.25, 0.3) is 5.91 Å². The minimum absolute atomic E-state index is 0.315. The van der Waals surface area contributed by atoms with Gasteiger partial charge in [-0.05, 0) is 42.2 Å². The van der Waals surface area contributed by atoms with Crippen LogP contribution in [-0.2, 0) is 20.8 Å². The van der Waals surface area contributed by atoms with Gasteiger partial charge in [-0.3, -0.25) is 4.79 Å². The number of carbonyl (C=O) groups excluding carboxylic acids is 1. The number of carbonyl (C=O) groups is 1. The summed E-state index contributed by atoms with van der Waals surface area (Å²) in [5.74, 6) is 1.32. The predicted octanol–water partition coefficient (Wildman–Crippen LogP) is 3.75. The van der Waals surface area contributed by atoms with E-state index in [1.807, 2.05) is 42.5 Å². The van der Waals surface area contributed by atoms with E-state index in [0.717, 1.165) is 53.0 Å². The first-order valence-corrected chi connectivity index (χ1v) is 10.1. The number of benzene rings is 2. The summed E-state index contributed by atoms with van der Waals surface area (Å²) in [4.78, 5) is 25.2. The average molecular weight is 407 g/mol. The van der Waals surface area contributed by atoms with Gasteiger partial charge in [0.2, 0.25) is 0 Å². The lowest BCUT2D eigenvalue weighted by Crippen LogP contribution is -2.32. The zero-order valence-electron chi connectivity index (χ0n) is 16.9. The fraction of sp³-hybridized carbons (Fsp3) is 0.304. The zero-order valence-corrected chi connectivity index (χ0v) is 16.9. The van der Waals surface area contributed by atoms with Crippen molar-refractivity contribution in [2.24, 2.45) is 0 Å². The van der Waals surface area contributed by atoms with Crippen molar-refractivity contribution in [3.05, 3.63) is 65.5 Å². The van der Waals surface area contributed by atoms with Crippen molar-refractivity contribution in [2.45, 2.75) is 32.0 Å². The van der Waals surface area contributed by atoms with Crippen LogP contribution in [0.5, 0.6) is 5.75 Å². The van der Waals surface area contributed by atoms with E-state index in [0.29, 0.717) is 13.0 Å². The van der Waals surface area contributed by atoms with Crippen molar-refractivity contribution in [1.29, 1.82) is 0 Å². The van der Waals surface area contributed by atoms with Gasteiger partial charge in [0.05, 0.1) is 12.6 Å². The van der Waals surface area contributed by atoms with Gasteiger partial charge in [0.1, 0.15) is 17.1 Å². The Morgan fingerprint density at radius 1 is 1.27 bits per heavy atom. The molecule has 0 bridgehead atoms. The molecule has 1 aliphatic heterocycles. The molecule has 7 heteroatoms. The number of rotatable bonds is 7. The van der Waals surface area contributed by atoms with E-state index in [2.05, 4.69) is 15.4 Å². The molecule has 0 saturated carbocycles. The molecule has 1 unspecified atom stereocenters. The Bertz CT molecular complexity index is 1020. The van der Waals surface area contributed by atoms with Gasteiger partial charge < -0.3 is 14.5 Å². The second kappa shape index (κ2) is 9.56. The highest BCUT2D eigenvalue weighted by molar-refractivity contribution is 5.90. The van der Waals surface area contributed by atoms with Crippen LogP contribution in [-0.4, -0.2) is 35.9 Å². The van der Waals surface area contributed by atoms with Gasteiger partial charge in [-0.2, -0.15) is 0 Å². The van der Waals surface area contributed by atoms with Crippen molar-refractivity contribution >= 4 is 23.0 Å². The molecule has 0 radical (unpaired) electrons. The first-order chi connectivity index (χ1) is 14.7. The number of nitrogens with one attached hydrogen (secondary N) is 2. The smallest absolute Gasteiger partial charge is 0.267 e. The van der Waals surface area contributed by atoms with Crippen LogP contribution >= 0.6 is 0 Å². The molecule has 2 heterocycles. The lowest BCUT2D eigenvalue weighted by molar-refractivity contribution is -0.198. The number of fused-ring (bicyclic) bond motifs is 1. The number of hydroxylamine groups is 1. The van der Waals surface area contributed by atoms with Crippen LogP contribution in [0.2, 0.25) is 0 Å². The maximum Gasteiger partial charge on any atom is 0.267 e. The van der Waals surface area contributed by atoms with Gasteiger partial charge in [0, 0.05) is 25.5 Å². The molecule has 2 aromatic carbocycles. The SMILES string of the molecule is COc1cccc2[nH]c(Cc3ccc(C=CC(=O)NOC4CCCCO4)cc3)nc12. The van der Waals surface area contributed by atoms with Gasteiger partial charge in [-0.1, -0.05) is 30.3 Å². The number of para-hydroxylation sites is 1. The van der Waals surface area contributed by atoms with Gasteiger partial charge in [-0.15, -0.1) is 0 Å². The fourth-order valence-corrected chi connectivity index (χ4v) is 3.38. The van der Waals surface area contributed by atoms with E-state index < -0.39 is 0 Å². The third-order valence-corrected chi connectivity index (χ3v) is 4.95. The Morgan fingerprint density at radius 2 is 2.13 bits per heavy atom. The van der Waals surface area contributed by atoms with Crippen molar-refractivity contribution in [3.8, 4) is 5.75 Å². The summed E-state index contributed by atoms with van der Waals surface area (Å²) < 4.78 is 10.8. The quantitative estimate of drug-likeness (QED) is 0.460. The summed E-state index contributed by atoms with van der Waals surface area (Å²) in [6.45, 7) is 0.671. The standard InChI is InChI=1S/C23H25N3O4/c1-28-19-6-4-5-18-23(19)25-20(24-18)15-17-10-8-16(9-11-17)12-13-21(27)26-30-22-7-2-3-14-29-22/h4-6,8-13,22H,2-3,7,14-15H2,1H3,(H,24,25)(H,26,27). The van der Waals surface area contributed by atoms with Gasteiger partial charge in [0.15, 0.2) is 6.29 Å². The van der Waals surface area contributed by atoms with E-state index in [-0.39, 0.29) is 12.2 Å². The molecule has 1 aromatic heterocycles. The molecule has 1 fully saturated rings. The molecular formula is C23H25N3O4. The zero-order chi connectivity index (χ0) is 20.8. The maximum atomic E-state index is 11.9. The molecule has 7 nitrogen and oxygen atoms in total. The number of hydrogen-bond acceptors (Lipinski definition) is 5. The van der Waals surface area contributed by atoms with Gasteiger partial charge in [-0.25, -0.2) is 15.3 Å². The molecule has 1 amide bonds. The van der Waals surface area contributed by atoms with E-state index in [9.17, 15) is 4.79 Å². The summed E-state index contributed by atoms with van der Waals surface area (Å²) in [7, 11) is 1.64. The van der Waals surface area contributed by atoms with E-state index in [4.69, 9.17) is 14.3 Å². The van der Waals surface area contributed by atoms with Crippen LogP contribution in [0.4, 0.5) is 0 Å². The Morgan fingerprint density at radius 3 is 2.90 bits per heavy atom. The number of aromatic nitrogens is 2. The Kier molecular flexibility index (Phi) is 6.41. The lowest BCUT2D eigenvalue weighted by Gasteiger charge is -2.21. The van der Waals surface area contributed by atoms with Gasteiger partial charge >= 0.3 is 0 Å². The second-order valence-corrected chi connectivity index (χ2v) is 7.17. The number of ether oxygens (including phenoxy) is 2. The minimum atomic E-state index is -0.353. The van der Waals surface area contributed by atoms with E-state index in [1.165, 1.54) is 6.08 Å². The molecule has 30 heavy (non-hydrogen) atoms. The molecule has 1 aliphatic rings. The maximum absolute atomic E-state index is 11.9. The van der Waals surface area contributed by atoms with Crippen molar-refractivity contribution < 1.29 is 19.1 Å². The average Bonchev–Trinajstić information content (AvgIpc) is 3.20. The van der Waals surface area contributed by atoms with Crippen LogP contribution in [0.1, 0.15) is 36.2 Å². The molecule has 156 valence electrons. The molecular weight excluding hydrogens is 382 g/mol. The number of methoxy groups -OCH3 is 1. The number of nitrogens with zero attached hydrogens (tertiary/aromatic N) is 1. The topological polar surface area (TPSA) is 85.5 Å². The summed E-state index contributed by atoms with van der Waals surface area (Å²) in [5, 5.41) is 0. The van der Waals surface area contributed by atoms with Crippen LogP contribution in [0.25, 0.3) is 17.1 Å². The molecule has 1 atom stereocenters. The fourth-order valence-electron chi connectivity index (χ4n) is 3.38. The lowest BCUT2D eigenvalue weighted by atomic mass is 10.1. The second-order valence-electron chi connectivity index (χ2n) is 7.17. The number of amides is 1. The molecule has 0 spiro atoms. The van der Waals surface area contributed by atoms with E-state index in [1.54, 1.807) is 13.2 Å². The minimum Gasteiger partial charge on any atom is -0.494 e. The van der Waals surface area contributed by atoms with Crippen LogP contribution < -0.4 is 10.2 Å². The van der Waals surface area contributed by atoms with Crippen LogP contribution in [0.3, 0.4) is 0 Å². The first-order valence-electron chi connectivity index (χ1n) is 10.1. The summed E-state index contributed by atoms with van der Waals surface area (Å²) >= 11 is 0. The highest BCUT2D eigenvalue weighted by Gasteiger charge is 2.15. The summed E-state index contributed by atoms with van der Waals surface area (Å²) in [6, 6.07) is 13.8. The summed E-state index contributed by atoms with van der Waals surface area (Å²) in [6.07, 6.45) is 6.40. The number of aromatic amines is 1. The monoisotopic (exact) mass is 407 g/mol. The molecule has 4 rings (SSSR count). The van der Waals surface area contributed by atoms with Crippen molar-refractivity contribution in [2.75, 3.05) is 13.7 Å². The summed E-state index contributed by atoms with van der Waals surface area (Å²) in [5.41, 5.74) is 6.25.